The monoisotopic (exact) mass is 182 g/mol. The molecule has 0 heterocycles. The predicted molar refractivity (Wildman–Crippen MR) is 61.9 cm³/mol. The molecule has 0 aliphatic rings. The third kappa shape index (κ3) is 8.08. The fraction of sp³-hybridized carbons (Fsp3) is 0.846. The van der Waals surface area contributed by atoms with Gasteiger partial charge in [0, 0.05) is 0 Å². The Morgan fingerprint density at radius 3 is 2.23 bits per heavy atom. The van der Waals surface area contributed by atoms with Crippen LogP contribution in [0.5, 0.6) is 0 Å². The Balaban J connectivity index is 3.45. The highest BCUT2D eigenvalue weighted by Crippen LogP contribution is 2.19. The van der Waals surface area contributed by atoms with E-state index in [0.29, 0.717) is 0 Å². The zero-order chi connectivity index (χ0) is 10.1. The number of hydrogen-bond donors (Lipinski definition) is 0. The van der Waals surface area contributed by atoms with Gasteiger partial charge in [-0.2, -0.15) is 0 Å². The van der Waals surface area contributed by atoms with Crippen molar-refractivity contribution in [3.63, 3.8) is 0 Å². The van der Waals surface area contributed by atoms with Crippen molar-refractivity contribution in [3.05, 3.63) is 12.7 Å². The van der Waals surface area contributed by atoms with Crippen LogP contribution in [0.25, 0.3) is 0 Å². The first kappa shape index (κ1) is 12.7. The van der Waals surface area contributed by atoms with Crippen molar-refractivity contribution in [1.82, 2.24) is 0 Å². The van der Waals surface area contributed by atoms with Crippen LogP contribution in [-0.4, -0.2) is 0 Å². The lowest BCUT2D eigenvalue weighted by Crippen LogP contribution is -1.99. The van der Waals surface area contributed by atoms with E-state index < -0.39 is 0 Å². The molecule has 0 aromatic heterocycles. The van der Waals surface area contributed by atoms with E-state index in [4.69, 9.17) is 0 Å². The van der Waals surface area contributed by atoms with Gasteiger partial charge in [-0.1, -0.05) is 52.5 Å². The lowest BCUT2D eigenvalue weighted by atomic mass is 9.93. The topological polar surface area (TPSA) is 0 Å². The van der Waals surface area contributed by atoms with Crippen molar-refractivity contribution in [2.75, 3.05) is 0 Å². The lowest BCUT2D eigenvalue weighted by molar-refractivity contribution is 0.446. The largest absolute Gasteiger partial charge is 0.103 e. The summed E-state index contributed by atoms with van der Waals surface area (Å²) in [7, 11) is 0. The van der Waals surface area contributed by atoms with Crippen LogP contribution in [0, 0.1) is 11.8 Å². The number of hydrogen-bond acceptors (Lipinski definition) is 0. The van der Waals surface area contributed by atoms with E-state index in [1.54, 1.807) is 0 Å². The molecule has 0 aliphatic carbocycles. The molecule has 0 rings (SSSR count). The second-order valence-corrected chi connectivity index (χ2v) is 4.46. The molecule has 78 valence electrons. The SMILES string of the molecule is C=CC(CCCCC)CCC(C)C. The van der Waals surface area contributed by atoms with Crippen molar-refractivity contribution >= 4 is 0 Å². The van der Waals surface area contributed by atoms with Gasteiger partial charge in [-0.3, -0.25) is 0 Å². The van der Waals surface area contributed by atoms with Crippen LogP contribution in [0.2, 0.25) is 0 Å². The van der Waals surface area contributed by atoms with Crippen molar-refractivity contribution in [2.45, 2.75) is 59.3 Å². The third-order valence-corrected chi connectivity index (χ3v) is 2.63. The summed E-state index contributed by atoms with van der Waals surface area (Å²) < 4.78 is 0. The van der Waals surface area contributed by atoms with Crippen LogP contribution in [-0.2, 0) is 0 Å². The fourth-order valence-corrected chi connectivity index (χ4v) is 1.58. The van der Waals surface area contributed by atoms with Gasteiger partial charge < -0.3 is 0 Å². The van der Waals surface area contributed by atoms with Crippen LogP contribution in [0.4, 0.5) is 0 Å². The molecule has 0 aromatic rings. The van der Waals surface area contributed by atoms with Gasteiger partial charge in [0.25, 0.3) is 0 Å². The Hall–Kier alpha value is -0.260. The molecule has 0 saturated heterocycles. The first-order valence-corrected chi connectivity index (χ1v) is 5.83. The van der Waals surface area contributed by atoms with Crippen molar-refractivity contribution in [3.8, 4) is 0 Å². The maximum Gasteiger partial charge on any atom is -0.0236 e. The molecule has 0 aromatic carbocycles. The Morgan fingerprint density at radius 2 is 1.77 bits per heavy atom. The summed E-state index contributed by atoms with van der Waals surface area (Å²) in [6, 6.07) is 0. The average Bonchev–Trinajstić information content (AvgIpc) is 2.10. The van der Waals surface area contributed by atoms with Gasteiger partial charge in [0.2, 0.25) is 0 Å². The maximum absolute atomic E-state index is 3.92. The molecule has 0 fully saturated rings. The molecule has 0 spiro atoms. The molecule has 0 saturated carbocycles. The Kier molecular flexibility index (Phi) is 8.18. The average molecular weight is 182 g/mol. The summed E-state index contributed by atoms with van der Waals surface area (Å²) in [6.45, 7) is 10.8. The predicted octanol–water partition coefficient (Wildman–Crippen LogP) is 4.81. The van der Waals surface area contributed by atoms with E-state index in [1.165, 1.54) is 38.5 Å². The molecule has 1 unspecified atom stereocenters. The molecule has 0 amide bonds. The first-order valence-electron chi connectivity index (χ1n) is 5.83. The standard InChI is InChI=1S/C13H26/c1-5-7-8-9-13(6-2)11-10-12(3)4/h6,12-13H,2,5,7-11H2,1,3-4H3. The highest BCUT2D eigenvalue weighted by molar-refractivity contribution is 4.78. The van der Waals surface area contributed by atoms with Crippen molar-refractivity contribution < 1.29 is 0 Å². The highest BCUT2D eigenvalue weighted by Gasteiger charge is 2.04. The van der Waals surface area contributed by atoms with E-state index in [9.17, 15) is 0 Å². The molecule has 0 bridgehead atoms. The van der Waals surface area contributed by atoms with E-state index in [2.05, 4.69) is 33.4 Å². The van der Waals surface area contributed by atoms with Crippen LogP contribution in [0.3, 0.4) is 0 Å². The lowest BCUT2D eigenvalue weighted by Gasteiger charge is -2.13. The quantitative estimate of drug-likeness (QED) is 0.373. The van der Waals surface area contributed by atoms with Gasteiger partial charge >= 0.3 is 0 Å². The van der Waals surface area contributed by atoms with Gasteiger partial charge in [-0.05, 0) is 24.7 Å². The van der Waals surface area contributed by atoms with E-state index >= 15 is 0 Å². The van der Waals surface area contributed by atoms with Gasteiger partial charge in [0.15, 0.2) is 0 Å². The van der Waals surface area contributed by atoms with E-state index in [0.717, 1.165) is 11.8 Å². The minimum absolute atomic E-state index is 0.772. The minimum Gasteiger partial charge on any atom is -0.103 e. The molecular formula is C13H26. The van der Waals surface area contributed by atoms with Crippen molar-refractivity contribution in [1.29, 1.82) is 0 Å². The van der Waals surface area contributed by atoms with Gasteiger partial charge in [-0.15, -0.1) is 6.58 Å². The summed E-state index contributed by atoms with van der Waals surface area (Å²) in [4.78, 5) is 0. The molecule has 0 heteroatoms. The fourth-order valence-electron chi connectivity index (χ4n) is 1.58. The zero-order valence-electron chi connectivity index (χ0n) is 9.68. The summed E-state index contributed by atoms with van der Waals surface area (Å²) in [5.74, 6) is 1.61. The molecule has 13 heavy (non-hydrogen) atoms. The highest BCUT2D eigenvalue weighted by atomic mass is 14.1. The third-order valence-electron chi connectivity index (χ3n) is 2.63. The van der Waals surface area contributed by atoms with Crippen LogP contribution < -0.4 is 0 Å². The first-order chi connectivity index (χ1) is 6.20. The normalized spacial score (nSPS) is 13.2. The summed E-state index contributed by atoms with van der Waals surface area (Å²) in [5.41, 5.74) is 0. The van der Waals surface area contributed by atoms with Gasteiger partial charge in [0.05, 0.1) is 0 Å². The minimum atomic E-state index is 0.772. The molecule has 0 nitrogen and oxygen atoms in total. The summed E-state index contributed by atoms with van der Waals surface area (Å²) in [5, 5.41) is 0. The molecule has 0 N–H and O–H groups in total. The van der Waals surface area contributed by atoms with Crippen LogP contribution in [0.1, 0.15) is 59.3 Å². The Bertz CT molecular complexity index is 113. The van der Waals surface area contributed by atoms with E-state index in [1.807, 2.05) is 0 Å². The Labute approximate surface area is 84.4 Å². The molecule has 0 aliphatic heterocycles. The smallest absolute Gasteiger partial charge is 0.0236 e. The molecular weight excluding hydrogens is 156 g/mol. The summed E-state index contributed by atoms with van der Waals surface area (Å²) >= 11 is 0. The summed E-state index contributed by atoms with van der Waals surface area (Å²) in [6.07, 6.45) is 10.3. The number of unbranched alkanes of at least 4 members (excludes halogenated alkanes) is 2. The Morgan fingerprint density at radius 1 is 1.08 bits per heavy atom. The molecule has 0 radical (unpaired) electrons. The van der Waals surface area contributed by atoms with Crippen LogP contribution in [0.15, 0.2) is 12.7 Å². The number of allylic oxidation sites excluding steroid dienone is 1. The zero-order valence-corrected chi connectivity index (χ0v) is 9.68. The number of rotatable bonds is 8. The van der Waals surface area contributed by atoms with Gasteiger partial charge in [0.1, 0.15) is 0 Å². The van der Waals surface area contributed by atoms with E-state index in [-0.39, 0.29) is 0 Å². The second kappa shape index (κ2) is 8.34. The molecule has 1 atom stereocenters. The second-order valence-electron chi connectivity index (χ2n) is 4.46. The van der Waals surface area contributed by atoms with Crippen LogP contribution >= 0.6 is 0 Å². The van der Waals surface area contributed by atoms with Gasteiger partial charge in [-0.25, -0.2) is 0 Å². The van der Waals surface area contributed by atoms with Crippen molar-refractivity contribution in [2.24, 2.45) is 11.8 Å². The maximum atomic E-state index is 3.92.